The van der Waals surface area contributed by atoms with Crippen molar-refractivity contribution < 1.29 is 32.9 Å². The summed E-state index contributed by atoms with van der Waals surface area (Å²) in [6.07, 6.45) is 0. The van der Waals surface area contributed by atoms with Crippen molar-refractivity contribution >= 4 is 13.8 Å². The average Bonchev–Trinajstić information content (AvgIpc) is 2.11. The Morgan fingerprint density at radius 2 is 2.00 bits per heavy atom. The van der Waals surface area contributed by atoms with Crippen LogP contribution in [0.3, 0.4) is 0 Å². The van der Waals surface area contributed by atoms with Crippen molar-refractivity contribution in [1.82, 2.24) is 0 Å². The van der Waals surface area contributed by atoms with E-state index in [1.54, 1.807) is 0 Å². The lowest BCUT2D eigenvalue weighted by molar-refractivity contribution is -0.870. The molecule has 0 saturated heterocycles. The van der Waals surface area contributed by atoms with Gasteiger partial charge in [0.05, 0.1) is 27.7 Å². The van der Waals surface area contributed by atoms with Crippen molar-refractivity contribution in [2.24, 2.45) is 5.73 Å². The number of hydrogen-bond donors (Lipinski definition) is 2. The van der Waals surface area contributed by atoms with Gasteiger partial charge in [0.25, 0.3) is 7.82 Å². The second kappa shape index (κ2) is 6.44. The number of carboxylic acids is 1. The summed E-state index contributed by atoms with van der Waals surface area (Å²) in [5, 5.41) is 8.42. The smallest absolute Gasteiger partial charge is 0.322 e. The van der Waals surface area contributed by atoms with Gasteiger partial charge in [0.2, 0.25) is 0 Å². The zero-order chi connectivity index (χ0) is 13.7. The fourth-order valence-electron chi connectivity index (χ4n) is 0.707. The van der Waals surface area contributed by atoms with Gasteiger partial charge < -0.3 is 29.3 Å². The van der Waals surface area contributed by atoms with Crippen LogP contribution >= 0.6 is 7.82 Å². The molecule has 0 fully saturated rings. The third-order valence-electron chi connectivity index (χ3n) is 1.74. The third kappa shape index (κ3) is 9.22. The Hall–Kier alpha value is -0.500. The number of phosphoric acid groups is 1. The van der Waals surface area contributed by atoms with Gasteiger partial charge in [0.1, 0.15) is 19.2 Å². The summed E-state index contributed by atoms with van der Waals surface area (Å²) >= 11 is 0. The van der Waals surface area contributed by atoms with Gasteiger partial charge in [0, 0.05) is 0 Å². The van der Waals surface area contributed by atoms with Gasteiger partial charge in [-0.15, -0.1) is 0 Å². The monoisotopic (exact) mass is 270 g/mol. The van der Waals surface area contributed by atoms with Crippen molar-refractivity contribution in [1.29, 1.82) is 0 Å². The molecule has 3 N–H and O–H groups in total. The van der Waals surface area contributed by atoms with Gasteiger partial charge in [-0.05, 0) is 0 Å². The van der Waals surface area contributed by atoms with Gasteiger partial charge in [0.15, 0.2) is 0 Å². The maximum Gasteiger partial charge on any atom is 0.322 e. The van der Waals surface area contributed by atoms with E-state index >= 15 is 0 Å². The molecule has 0 aromatic carbocycles. The Labute approximate surface area is 100 Å². The van der Waals surface area contributed by atoms with Gasteiger partial charge in [-0.3, -0.25) is 9.36 Å². The summed E-state index contributed by atoms with van der Waals surface area (Å²) in [4.78, 5) is 21.5. The molecular formula is C8H19N2O6P. The number of carbonyl (C=O) groups is 1. The minimum absolute atomic E-state index is 0.0351. The Balaban J connectivity index is 3.96. The van der Waals surface area contributed by atoms with Gasteiger partial charge in [-0.25, -0.2) is 0 Å². The molecule has 0 saturated carbocycles. The maximum absolute atomic E-state index is 11.2. The average molecular weight is 270 g/mol. The standard InChI is InChI=1S/C8H19N2O6P/c1-10(2,3)4-5-15-17(13,14)16-6-7(9)8(11)12/h7H,4-6,9H2,1-3H3,(H-,11,12,13,14)/t7-/m0/s1. The Morgan fingerprint density at radius 3 is 2.41 bits per heavy atom. The molecule has 0 rings (SSSR count). The predicted octanol–water partition coefficient (Wildman–Crippen LogP) is -1.39. The van der Waals surface area contributed by atoms with E-state index in [9.17, 15) is 14.3 Å². The molecule has 2 atom stereocenters. The Bertz CT molecular complexity index is 303. The van der Waals surface area contributed by atoms with Crippen LogP contribution in [0, 0.1) is 0 Å². The summed E-state index contributed by atoms with van der Waals surface area (Å²) in [6.45, 7) is -0.201. The van der Waals surface area contributed by atoms with Crippen LogP contribution in [0.5, 0.6) is 0 Å². The van der Waals surface area contributed by atoms with E-state index in [1.807, 2.05) is 21.1 Å². The first-order valence-electron chi connectivity index (χ1n) is 4.92. The zero-order valence-electron chi connectivity index (χ0n) is 10.2. The molecular weight excluding hydrogens is 251 g/mol. The van der Waals surface area contributed by atoms with Crippen LogP contribution in [0.2, 0.25) is 0 Å². The molecule has 0 bridgehead atoms. The molecule has 0 aromatic rings. The van der Waals surface area contributed by atoms with Gasteiger partial charge in [-0.1, -0.05) is 0 Å². The zero-order valence-corrected chi connectivity index (χ0v) is 11.1. The molecule has 0 aliphatic carbocycles. The van der Waals surface area contributed by atoms with Crippen LogP contribution in [-0.2, 0) is 18.4 Å². The van der Waals surface area contributed by atoms with Crippen molar-refractivity contribution in [2.75, 3.05) is 40.9 Å². The van der Waals surface area contributed by atoms with Crippen molar-refractivity contribution in [3.05, 3.63) is 0 Å². The minimum atomic E-state index is -4.48. The number of likely N-dealkylation sites (N-methyl/N-ethyl adjacent to an activating group) is 1. The number of quaternary nitrogens is 1. The minimum Gasteiger partial charge on any atom is -0.756 e. The summed E-state index contributed by atoms with van der Waals surface area (Å²) in [6, 6.07) is -1.39. The molecule has 1 unspecified atom stereocenters. The van der Waals surface area contributed by atoms with Crippen LogP contribution in [0.25, 0.3) is 0 Å². The number of hydrogen-bond acceptors (Lipinski definition) is 6. The van der Waals surface area contributed by atoms with Crippen molar-refractivity contribution in [2.45, 2.75) is 6.04 Å². The molecule has 0 aliphatic rings. The van der Waals surface area contributed by atoms with E-state index in [0.717, 1.165) is 0 Å². The normalized spacial score (nSPS) is 17.5. The molecule has 0 aromatic heterocycles. The van der Waals surface area contributed by atoms with E-state index < -0.39 is 26.4 Å². The van der Waals surface area contributed by atoms with E-state index in [4.69, 9.17) is 10.8 Å². The van der Waals surface area contributed by atoms with Crippen molar-refractivity contribution in [3.63, 3.8) is 0 Å². The summed E-state index contributed by atoms with van der Waals surface area (Å²) in [5.41, 5.74) is 5.08. The molecule has 0 heterocycles. The van der Waals surface area contributed by atoms with Crippen LogP contribution in [-0.4, -0.2) is 62.5 Å². The molecule has 102 valence electrons. The lowest BCUT2D eigenvalue weighted by atomic mass is 10.3. The van der Waals surface area contributed by atoms with E-state index in [1.165, 1.54) is 0 Å². The Kier molecular flexibility index (Phi) is 6.25. The predicted molar refractivity (Wildman–Crippen MR) is 58.0 cm³/mol. The van der Waals surface area contributed by atoms with E-state index in [-0.39, 0.29) is 6.61 Å². The molecule has 0 spiro atoms. The fraction of sp³-hybridized carbons (Fsp3) is 0.875. The lowest BCUT2D eigenvalue weighted by Gasteiger charge is -2.27. The lowest BCUT2D eigenvalue weighted by Crippen LogP contribution is -2.38. The SMILES string of the molecule is C[N+](C)(C)CCOP(=O)([O-])OC[C@H](N)C(=O)O. The number of phosphoric ester groups is 1. The van der Waals surface area contributed by atoms with Crippen LogP contribution in [0.1, 0.15) is 0 Å². The number of nitrogens with zero attached hydrogens (tertiary/aromatic N) is 1. The summed E-state index contributed by atoms with van der Waals surface area (Å²) in [5.74, 6) is -1.34. The maximum atomic E-state index is 11.2. The van der Waals surface area contributed by atoms with E-state index in [2.05, 4.69) is 9.05 Å². The highest BCUT2D eigenvalue weighted by molar-refractivity contribution is 7.45. The largest absolute Gasteiger partial charge is 0.756 e. The second-order valence-corrected chi connectivity index (χ2v) is 5.95. The fourth-order valence-corrected chi connectivity index (χ4v) is 1.43. The first-order valence-corrected chi connectivity index (χ1v) is 6.38. The molecule has 17 heavy (non-hydrogen) atoms. The molecule has 0 aliphatic heterocycles. The van der Waals surface area contributed by atoms with E-state index in [0.29, 0.717) is 11.0 Å². The molecule has 0 amide bonds. The number of carboxylic acid groups (broad SMARTS) is 1. The summed E-state index contributed by atoms with van der Waals surface area (Å²) in [7, 11) is 1.15. The topological polar surface area (TPSA) is 122 Å². The first-order chi connectivity index (χ1) is 7.53. The molecule has 0 radical (unpaired) electrons. The second-order valence-electron chi connectivity index (χ2n) is 4.53. The number of aliphatic carboxylic acids is 1. The summed E-state index contributed by atoms with van der Waals surface area (Å²) < 4.78 is 20.6. The van der Waals surface area contributed by atoms with Gasteiger partial charge in [-0.2, -0.15) is 0 Å². The number of nitrogens with two attached hydrogens (primary N) is 1. The van der Waals surface area contributed by atoms with Gasteiger partial charge >= 0.3 is 5.97 Å². The first kappa shape index (κ1) is 16.5. The van der Waals surface area contributed by atoms with Crippen molar-refractivity contribution in [3.8, 4) is 0 Å². The molecule has 8 nitrogen and oxygen atoms in total. The third-order valence-corrected chi connectivity index (χ3v) is 2.71. The number of rotatable bonds is 8. The highest BCUT2D eigenvalue weighted by Crippen LogP contribution is 2.37. The highest BCUT2D eigenvalue weighted by atomic mass is 31.2. The Morgan fingerprint density at radius 1 is 1.47 bits per heavy atom. The van der Waals surface area contributed by atoms with Crippen LogP contribution in [0.15, 0.2) is 0 Å². The van der Waals surface area contributed by atoms with Crippen LogP contribution < -0.4 is 10.6 Å². The van der Waals surface area contributed by atoms with Crippen LogP contribution in [0.4, 0.5) is 0 Å². The quantitative estimate of drug-likeness (QED) is 0.411. The molecule has 9 heteroatoms. The highest BCUT2D eigenvalue weighted by Gasteiger charge is 2.18.